The third kappa shape index (κ3) is 2.05. The summed E-state index contributed by atoms with van der Waals surface area (Å²) in [7, 11) is 0. The third-order valence-electron chi connectivity index (χ3n) is 5.19. The molecule has 0 aromatic carbocycles. The zero-order chi connectivity index (χ0) is 16.1. The van der Waals surface area contributed by atoms with E-state index in [2.05, 4.69) is 0 Å². The minimum Gasteiger partial charge on any atom is -0.481 e. The van der Waals surface area contributed by atoms with Gasteiger partial charge in [-0.1, -0.05) is 6.92 Å². The number of carboxylic acids is 4. The lowest BCUT2D eigenvalue weighted by Crippen LogP contribution is -2.65. The fraction of sp³-hybridized carbons (Fsp3) is 0.692. The normalized spacial score (nSPS) is 41.5. The molecule has 116 valence electrons. The van der Waals surface area contributed by atoms with Crippen molar-refractivity contribution < 1.29 is 39.6 Å². The van der Waals surface area contributed by atoms with E-state index in [0.717, 1.165) is 0 Å². The van der Waals surface area contributed by atoms with Crippen molar-refractivity contribution in [1.29, 1.82) is 0 Å². The molecule has 8 heteroatoms. The average molecular weight is 300 g/mol. The Morgan fingerprint density at radius 3 is 1.76 bits per heavy atom. The van der Waals surface area contributed by atoms with Gasteiger partial charge in [0.2, 0.25) is 0 Å². The second-order valence-corrected chi connectivity index (χ2v) is 6.12. The first-order valence-corrected chi connectivity index (χ1v) is 6.52. The molecule has 0 radical (unpaired) electrons. The van der Waals surface area contributed by atoms with E-state index < -0.39 is 58.9 Å². The van der Waals surface area contributed by atoms with Gasteiger partial charge in [0.05, 0.1) is 23.7 Å². The van der Waals surface area contributed by atoms with Gasteiger partial charge in [-0.3, -0.25) is 19.2 Å². The largest absolute Gasteiger partial charge is 0.481 e. The molecule has 2 fully saturated rings. The molecule has 8 nitrogen and oxygen atoms in total. The van der Waals surface area contributed by atoms with Gasteiger partial charge >= 0.3 is 23.9 Å². The second-order valence-electron chi connectivity index (χ2n) is 6.12. The molecule has 0 aliphatic heterocycles. The Balaban J connectivity index is 2.38. The SMILES string of the molecule is CC12CC(C(=O)O)C(C(=O)O)CC1C(C(=O)O)C2C(=O)O. The molecule has 0 saturated heterocycles. The third-order valence-corrected chi connectivity index (χ3v) is 5.19. The summed E-state index contributed by atoms with van der Waals surface area (Å²) in [6.07, 6.45) is -0.256. The van der Waals surface area contributed by atoms with Crippen LogP contribution in [0.3, 0.4) is 0 Å². The van der Waals surface area contributed by atoms with E-state index in [1.165, 1.54) is 0 Å². The Morgan fingerprint density at radius 1 is 0.857 bits per heavy atom. The van der Waals surface area contributed by atoms with Gasteiger partial charge in [0.25, 0.3) is 0 Å². The van der Waals surface area contributed by atoms with Crippen LogP contribution in [0.2, 0.25) is 0 Å². The summed E-state index contributed by atoms with van der Waals surface area (Å²) in [5, 5.41) is 36.7. The number of carbonyl (C=O) groups is 4. The fourth-order valence-electron chi connectivity index (χ4n) is 4.20. The fourth-order valence-corrected chi connectivity index (χ4v) is 4.20. The van der Waals surface area contributed by atoms with Crippen LogP contribution < -0.4 is 0 Å². The lowest BCUT2D eigenvalue weighted by molar-refractivity contribution is -0.211. The molecule has 0 spiro atoms. The van der Waals surface area contributed by atoms with Crippen LogP contribution in [0.1, 0.15) is 19.8 Å². The van der Waals surface area contributed by atoms with Crippen molar-refractivity contribution in [2.24, 2.45) is 35.0 Å². The molecule has 2 aliphatic rings. The van der Waals surface area contributed by atoms with Crippen LogP contribution in [0, 0.1) is 35.0 Å². The van der Waals surface area contributed by atoms with E-state index in [4.69, 9.17) is 5.11 Å². The minimum absolute atomic E-state index is 0.121. The molecule has 2 saturated carbocycles. The van der Waals surface area contributed by atoms with Gasteiger partial charge in [-0.05, 0) is 24.2 Å². The van der Waals surface area contributed by atoms with Gasteiger partial charge in [-0.25, -0.2) is 0 Å². The number of carboxylic acid groups (broad SMARTS) is 4. The summed E-state index contributed by atoms with van der Waals surface area (Å²) in [6.45, 7) is 1.55. The topological polar surface area (TPSA) is 149 Å². The van der Waals surface area contributed by atoms with Crippen LogP contribution in [-0.4, -0.2) is 44.3 Å². The predicted octanol–water partition coefficient (Wildman–Crippen LogP) is 0.219. The standard InChI is InChI=1S/C13H16O8/c1-13-3-5(10(16)17)4(9(14)15)2-6(13)7(11(18)19)8(13)12(20)21/h4-8H,2-3H2,1H3,(H,14,15)(H,16,17)(H,18,19)(H,20,21). The number of hydrogen-bond donors (Lipinski definition) is 4. The van der Waals surface area contributed by atoms with Crippen LogP contribution in [-0.2, 0) is 19.2 Å². The number of fused-ring (bicyclic) bond motifs is 1. The van der Waals surface area contributed by atoms with Crippen LogP contribution in [0.5, 0.6) is 0 Å². The Bertz CT molecular complexity index is 514. The first kappa shape index (κ1) is 15.3. The van der Waals surface area contributed by atoms with Crippen LogP contribution in [0.25, 0.3) is 0 Å². The predicted molar refractivity (Wildman–Crippen MR) is 65.3 cm³/mol. The first-order valence-electron chi connectivity index (χ1n) is 6.52. The van der Waals surface area contributed by atoms with Crippen molar-refractivity contribution in [2.45, 2.75) is 19.8 Å². The van der Waals surface area contributed by atoms with Crippen molar-refractivity contribution >= 4 is 23.9 Å². The molecule has 0 amide bonds. The average Bonchev–Trinajstić information content (AvgIpc) is 2.31. The molecule has 0 aromatic heterocycles. The van der Waals surface area contributed by atoms with Crippen molar-refractivity contribution in [2.75, 3.05) is 0 Å². The minimum atomic E-state index is -1.29. The maximum Gasteiger partial charge on any atom is 0.307 e. The van der Waals surface area contributed by atoms with Crippen LogP contribution >= 0.6 is 0 Å². The van der Waals surface area contributed by atoms with E-state index in [1.807, 2.05) is 0 Å². The highest BCUT2D eigenvalue weighted by Crippen LogP contribution is 2.64. The molecule has 2 rings (SSSR count). The second kappa shape index (κ2) is 4.71. The Hall–Kier alpha value is -2.12. The Labute approximate surface area is 119 Å². The van der Waals surface area contributed by atoms with Gasteiger partial charge in [-0.2, -0.15) is 0 Å². The molecule has 0 bridgehead atoms. The zero-order valence-corrected chi connectivity index (χ0v) is 11.2. The van der Waals surface area contributed by atoms with E-state index in [9.17, 15) is 34.5 Å². The van der Waals surface area contributed by atoms with Gasteiger partial charge in [0.1, 0.15) is 0 Å². The molecule has 0 aromatic rings. The van der Waals surface area contributed by atoms with Gasteiger partial charge in [0, 0.05) is 0 Å². The van der Waals surface area contributed by atoms with Crippen LogP contribution in [0.15, 0.2) is 0 Å². The molecule has 6 atom stereocenters. The van der Waals surface area contributed by atoms with Crippen LogP contribution in [0.4, 0.5) is 0 Å². The monoisotopic (exact) mass is 300 g/mol. The molecular weight excluding hydrogens is 284 g/mol. The highest BCUT2D eigenvalue weighted by atomic mass is 16.4. The van der Waals surface area contributed by atoms with E-state index in [0.29, 0.717) is 0 Å². The van der Waals surface area contributed by atoms with Gasteiger partial charge in [0.15, 0.2) is 0 Å². The molecule has 21 heavy (non-hydrogen) atoms. The van der Waals surface area contributed by atoms with E-state index in [-0.39, 0.29) is 12.8 Å². The summed E-state index contributed by atoms with van der Waals surface area (Å²) >= 11 is 0. The van der Waals surface area contributed by atoms with Crippen molar-refractivity contribution in [3.8, 4) is 0 Å². The number of aliphatic carboxylic acids is 4. The highest BCUT2D eigenvalue weighted by molar-refractivity contribution is 5.85. The first-order chi connectivity index (χ1) is 9.61. The number of rotatable bonds is 4. The Morgan fingerprint density at radius 2 is 1.38 bits per heavy atom. The summed E-state index contributed by atoms with van der Waals surface area (Å²) in [5.41, 5.74) is -0.996. The molecule has 6 unspecified atom stereocenters. The highest BCUT2D eigenvalue weighted by Gasteiger charge is 2.69. The van der Waals surface area contributed by atoms with E-state index >= 15 is 0 Å². The Kier molecular flexibility index (Phi) is 3.43. The lowest BCUT2D eigenvalue weighted by atomic mass is 9.40. The molecular formula is C13H16O8. The number of hydrogen-bond acceptors (Lipinski definition) is 4. The van der Waals surface area contributed by atoms with E-state index in [1.54, 1.807) is 6.92 Å². The van der Waals surface area contributed by atoms with Crippen molar-refractivity contribution in [1.82, 2.24) is 0 Å². The van der Waals surface area contributed by atoms with Gasteiger partial charge in [-0.15, -0.1) is 0 Å². The summed E-state index contributed by atoms with van der Waals surface area (Å²) in [5.74, 6) is -10.5. The maximum absolute atomic E-state index is 11.3. The van der Waals surface area contributed by atoms with Crippen molar-refractivity contribution in [3.05, 3.63) is 0 Å². The molecule has 0 heterocycles. The summed E-state index contributed by atoms with van der Waals surface area (Å²) < 4.78 is 0. The molecule has 4 N–H and O–H groups in total. The zero-order valence-electron chi connectivity index (χ0n) is 11.2. The smallest absolute Gasteiger partial charge is 0.307 e. The maximum atomic E-state index is 11.3. The summed E-state index contributed by atoms with van der Waals surface area (Å²) in [6, 6.07) is 0. The van der Waals surface area contributed by atoms with Gasteiger partial charge < -0.3 is 20.4 Å². The lowest BCUT2D eigenvalue weighted by Gasteiger charge is -2.60. The van der Waals surface area contributed by atoms with Crippen molar-refractivity contribution in [3.63, 3.8) is 0 Å². The molecule has 2 aliphatic carbocycles. The quantitative estimate of drug-likeness (QED) is 0.576. The summed E-state index contributed by atoms with van der Waals surface area (Å²) in [4.78, 5) is 45.0.